The van der Waals surface area contributed by atoms with Crippen LogP contribution in [0.2, 0.25) is 0 Å². The number of nitrogens with one attached hydrogen (secondary N) is 1. The Kier molecular flexibility index (Phi) is 5.12. The van der Waals surface area contributed by atoms with Crippen LogP contribution in [0.3, 0.4) is 0 Å². The first-order chi connectivity index (χ1) is 13.7. The van der Waals surface area contributed by atoms with E-state index in [1.807, 2.05) is 24.3 Å². The van der Waals surface area contributed by atoms with Crippen LogP contribution in [-0.4, -0.2) is 49.1 Å². The van der Waals surface area contributed by atoms with Crippen molar-refractivity contribution in [2.24, 2.45) is 0 Å². The number of rotatable bonds is 4. The minimum atomic E-state index is -0.620. The molecule has 2 aromatic carbocycles. The van der Waals surface area contributed by atoms with Crippen molar-refractivity contribution >= 4 is 22.6 Å². The molecule has 1 aromatic heterocycles. The maximum Gasteiger partial charge on any atom is 0.343 e. The standard InChI is InChI=1S/C22H23N3O3/c1-28-22(27)19-14-23-20-8-7-16(13-18(20)21(19)26)15-24-9-11-25(12-10-24)17-5-3-2-4-6-17/h2-8,13-14H,9-12,15H2,1H3,(H,23,26). The summed E-state index contributed by atoms with van der Waals surface area (Å²) in [6, 6.07) is 16.3. The molecule has 0 spiro atoms. The Morgan fingerprint density at radius 2 is 1.82 bits per heavy atom. The largest absolute Gasteiger partial charge is 0.465 e. The molecule has 1 aliphatic heterocycles. The number of carbonyl (C=O) groups excluding carboxylic acids is 1. The van der Waals surface area contributed by atoms with E-state index in [2.05, 4.69) is 39.0 Å². The van der Waals surface area contributed by atoms with Gasteiger partial charge in [-0.25, -0.2) is 4.79 Å². The molecular formula is C22H23N3O3. The second kappa shape index (κ2) is 7.86. The number of aromatic nitrogens is 1. The first-order valence-electron chi connectivity index (χ1n) is 9.40. The summed E-state index contributed by atoms with van der Waals surface area (Å²) in [5.74, 6) is -0.620. The smallest absolute Gasteiger partial charge is 0.343 e. The molecule has 4 rings (SSSR count). The highest BCUT2D eigenvalue weighted by Crippen LogP contribution is 2.18. The monoisotopic (exact) mass is 377 g/mol. The molecule has 0 atom stereocenters. The Morgan fingerprint density at radius 1 is 1.07 bits per heavy atom. The minimum absolute atomic E-state index is 0.0311. The average Bonchev–Trinajstić information content (AvgIpc) is 2.75. The molecule has 1 N–H and O–H groups in total. The van der Waals surface area contributed by atoms with Crippen LogP contribution in [0.25, 0.3) is 10.9 Å². The van der Waals surface area contributed by atoms with E-state index in [1.54, 1.807) is 0 Å². The van der Waals surface area contributed by atoms with E-state index < -0.39 is 5.97 Å². The van der Waals surface area contributed by atoms with Gasteiger partial charge in [0.2, 0.25) is 5.43 Å². The summed E-state index contributed by atoms with van der Waals surface area (Å²) in [5.41, 5.74) is 2.78. The van der Waals surface area contributed by atoms with Gasteiger partial charge in [-0.3, -0.25) is 9.69 Å². The predicted molar refractivity (Wildman–Crippen MR) is 110 cm³/mol. The van der Waals surface area contributed by atoms with Crippen molar-refractivity contribution in [3.63, 3.8) is 0 Å². The lowest BCUT2D eigenvalue weighted by Gasteiger charge is -2.36. The number of H-pyrrole nitrogens is 1. The van der Waals surface area contributed by atoms with E-state index in [9.17, 15) is 9.59 Å². The second-order valence-corrected chi connectivity index (χ2v) is 7.00. The Hall–Kier alpha value is -3.12. The second-order valence-electron chi connectivity index (χ2n) is 7.00. The number of carbonyl (C=O) groups is 1. The lowest BCUT2D eigenvalue weighted by molar-refractivity contribution is 0.0599. The minimum Gasteiger partial charge on any atom is -0.465 e. The number of pyridine rings is 1. The van der Waals surface area contributed by atoms with E-state index in [0.717, 1.165) is 43.8 Å². The molecule has 6 heteroatoms. The molecule has 0 radical (unpaired) electrons. The summed E-state index contributed by atoms with van der Waals surface area (Å²) in [5, 5.41) is 0.517. The zero-order valence-electron chi connectivity index (χ0n) is 15.9. The number of nitrogens with zero attached hydrogens (tertiary/aromatic N) is 2. The molecule has 0 unspecified atom stereocenters. The highest BCUT2D eigenvalue weighted by molar-refractivity contribution is 5.93. The highest BCUT2D eigenvalue weighted by Gasteiger charge is 2.18. The van der Waals surface area contributed by atoms with Gasteiger partial charge < -0.3 is 14.6 Å². The molecule has 144 valence electrons. The molecule has 2 heterocycles. The van der Waals surface area contributed by atoms with Gasteiger partial charge in [-0.15, -0.1) is 0 Å². The van der Waals surface area contributed by atoms with Crippen LogP contribution in [0.4, 0.5) is 5.69 Å². The van der Waals surface area contributed by atoms with E-state index in [1.165, 1.54) is 19.0 Å². The maximum atomic E-state index is 12.6. The molecule has 6 nitrogen and oxygen atoms in total. The SMILES string of the molecule is COC(=O)c1c[nH]c2ccc(CN3CCN(c4ccccc4)CC3)cc2c1=O. The van der Waals surface area contributed by atoms with Crippen molar-refractivity contribution in [3.05, 3.63) is 76.1 Å². The molecule has 0 amide bonds. The fraction of sp³-hybridized carbons (Fsp3) is 0.273. The number of anilines is 1. The van der Waals surface area contributed by atoms with Gasteiger partial charge in [-0.05, 0) is 29.8 Å². The van der Waals surface area contributed by atoms with E-state index >= 15 is 0 Å². The summed E-state index contributed by atoms with van der Waals surface area (Å²) in [7, 11) is 1.28. The number of methoxy groups -OCH3 is 1. The fourth-order valence-electron chi connectivity index (χ4n) is 3.69. The van der Waals surface area contributed by atoms with E-state index in [-0.39, 0.29) is 11.0 Å². The lowest BCUT2D eigenvalue weighted by Crippen LogP contribution is -2.45. The molecule has 1 saturated heterocycles. The van der Waals surface area contributed by atoms with Gasteiger partial charge in [0.1, 0.15) is 5.56 Å². The predicted octanol–water partition coefficient (Wildman–Crippen LogP) is 2.64. The van der Waals surface area contributed by atoms with Gasteiger partial charge >= 0.3 is 5.97 Å². The van der Waals surface area contributed by atoms with Gasteiger partial charge in [-0.1, -0.05) is 24.3 Å². The third-order valence-corrected chi connectivity index (χ3v) is 5.25. The zero-order valence-corrected chi connectivity index (χ0v) is 15.9. The number of hydrogen-bond acceptors (Lipinski definition) is 5. The Balaban J connectivity index is 1.49. The van der Waals surface area contributed by atoms with Crippen LogP contribution in [0.5, 0.6) is 0 Å². The Bertz CT molecular complexity index is 1040. The molecule has 0 saturated carbocycles. The van der Waals surface area contributed by atoms with Crippen LogP contribution in [0, 0.1) is 0 Å². The van der Waals surface area contributed by atoms with Crippen molar-refractivity contribution < 1.29 is 9.53 Å². The number of para-hydroxylation sites is 1. The van der Waals surface area contributed by atoms with Crippen LogP contribution >= 0.6 is 0 Å². The van der Waals surface area contributed by atoms with Gasteiger partial charge in [-0.2, -0.15) is 0 Å². The van der Waals surface area contributed by atoms with E-state index in [4.69, 9.17) is 4.74 Å². The van der Waals surface area contributed by atoms with Gasteiger partial charge in [0.05, 0.1) is 7.11 Å². The number of fused-ring (bicyclic) bond motifs is 1. The summed E-state index contributed by atoms with van der Waals surface area (Å²) < 4.78 is 4.69. The maximum absolute atomic E-state index is 12.6. The number of benzene rings is 2. The average molecular weight is 377 g/mol. The van der Waals surface area contributed by atoms with Crippen molar-refractivity contribution in [3.8, 4) is 0 Å². The van der Waals surface area contributed by atoms with Crippen molar-refractivity contribution in [2.75, 3.05) is 38.2 Å². The van der Waals surface area contributed by atoms with Crippen molar-refractivity contribution in [1.82, 2.24) is 9.88 Å². The highest BCUT2D eigenvalue weighted by atomic mass is 16.5. The molecule has 3 aromatic rings. The fourth-order valence-corrected chi connectivity index (χ4v) is 3.69. The molecule has 0 aliphatic carbocycles. The number of esters is 1. The summed E-state index contributed by atoms with van der Waals surface area (Å²) in [4.78, 5) is 32.2. The summed E-state index contributed by atoms with van der Waals surface area (Å²) in [6.07, 6.45) is 1.42. The van der Waals surface area contributed by atoms with E-state index in [0.29, 0.717) is 5.39 Å². The van der Waals surface area contributed by atoms with Crippen LogP contribution in [-0.2, 0) is 11.3 Å². The molecule has 28 heavy (non-hydrogen) atoms. The normalized spacial score (nSPS) is 15.0. The first kappa shape index (κ1) is 18.3. The van der Waals surface area contributed by atoms with Gasteiger partial charge in [0, 0.05) is 55.5 Å². The van der Waals surface area contributed by atoms with Crippen LogP contribution < -0.4 is 10.3 Å². The Labute approximate surface area is 163 Å². The third kappa shape index (κ3) is 3.64. The molecular weight excluding hydrogens is 354 g/mol. The van der Waals surface area contributed by atoms with Crippen molar-refractivity contribution in [2.45, 2.75) is 6.54 Å². The number of ether oxygens (including phenoxy) is 1. The summed E-state index contributed by atoms with van der Waals surface area (Å²) in [6.45, 7) is 4.66. The topological polar surface area (TPSA) is 65.6 Å². The molecule has 1 aliphatic rings. The number of piperazine rings is 1. The van der Waals surface area contributed by atoms with Crippen LogP contribution in [0.15, 0.2) is 59.5 Å². The van der Waals surface area contributed by atoms with Gasteiger partial charge in [0.25, 0.3) is 0 Å². The van der Waals surface area contributed by atoms with Gasteiger partial charge in [0.15, 0.2) is 0 Å². The zero-order chi connectivity index (χ0) is 19.5. The quantitative estimate of drug-likeness (QED) is 0.708. The lowest BCUT2D eigenvalue weighted by atomic mass is 10.1. The number of aromatic amines is 1. The van der Waals surface area contributed by atoms with Crippen molar-refractivity contribution in [1.29, 1.82) is 0 Å². The number of hydrogen-bond donors (Lipinski definition) is 1. The van der Waals surface area contributed by atoms with Crippen LogP contribution in [0.1, 0.15) is 15.9 Å². The first-order valence-corrected chi connectivity index (χ1v) is 9.40. The third-order valence-electron chi connectivity index (χ3n) is 5.25. The molecule has 0 bridgehead atoms. The summed E-state index contributed by atoms with van der Waals surface area (Å²) >= 11 is 0. The Morgan fingerprint density at radius 3 is 2.54 bits per heavy atom. The molecule has 1 fully saturated rings.